The zero-order valence-corrected chi connectivity index (χ0v) is 15.7. The second-order valence-corrected chi connectivity index (χ2v) is 6.92. The summed E-state index contributed by atoms with van der Waals surface area (Å²) in [5.74, 6) is 2.98. The zero-order chi connectivity index (χ0) is 17.2. The fraction of sp³-hybridized carbons (Fsp3) is 0.789. The van der Waals surface area contributed by atoms with Gasteiger partial charge in [0.15, 0.2) is 5.96 Å². The normalized spacial score (nSPS) is 21.7. The van der Waals surface area contributed by atoms with Crippen molar-refractivity contribution >= 4 is 5.96 Å². The van der Waals surface area contributed by atoms with E-state index in [-0.39, 0.29) is 0 Å². The van der Waals surface area contributed by atoms with E-state index in [1.807, 2.05) is 6.20 Å². The van der Waals surface area contributed by atoms with Gasteiger partial charge in [-0.05, 0) is 45.4 Å². The van der Waals surface area contributed by atoms with E-state index in [2.05, 4.69) is 47.2 Å². The number of guanidine groups is 1. The highest BCUT2D eigenvalue weighted by Crippen LogP contribution is 2.26. The molecule has 0 aliphatic heterocycles. The number of aliphatic imine (C=N–C) groups is 1. The van der Waals surface area contributed by atoms with Crippen LogP contribution >= 0.6 is 0 Å². The summed E-state index contributed by atoms with van der Waals surface area (Å²) in [5.41, 5.74) is 0. The number of nitrogens with zero attached hydrogens (tertiary/aromatic N) is 3. The van der Waals surface area contributed by atoms with E-state index < -0.39 is 0 Å². The number of nitrogens with one attached hydrogen (secondary N) is 2. The van der Waals surface area contributed by atoms with Gasteiger partial charge in [-0.1, -0.05) is 26.2 Å². The summed E-state index contributed by atoms with van der Waals surface area (Å²) in [6.07, 6.45) is 12.8. The van der Waals surface area contributed by atoms with Crippen molar-refractivity contribution in [2.75, 3.05) is 13.1 Å². The molecule has 24 heavy (non-hydrogen) atoms. The Morgan fingerprint density at radius 2 is 2.21 bits per heavy atom. The van der Waals surface area contributed by atoms with E-state index in [0.29, 0.717) is 6.04 Å². The molecule has 136 valence electrons. The Kier molecular flexibility index (Phi) is 8.13. The molecule has 5 heteroatoms. The molecule has 1 aliphatic rings. The highest BCUT2D eigenvalue weighted by atomic mass is 15.2. The molecule has 2 rings (SSSR count). The topological polar surface area (TPSA) is 54.2 Å². The van der Waals surface area contributed by atoms with Crippen LogP contribution in [0.15, 0.2) is 17.4 Å². The standard InChI is InChI=1S/C19H35N5/c1-4-17-9-8-10-18(15-17)23-19(20-5-2)22-11-6-7-13-24-14-12-21-16(24)3/h12,14,17-18H,4-11,13,15H2,1-3H3,(H2,20,22,23). The first-order valence-corrected chi connectivity index (χ1v) is 9.75. The minimum atomic E-state index is 0.593. The molecule has 2 atom stereocenters. The van der Waals surface area contributed by atoms with Crippen LogP contribution in [0.5, 0.6) is 0 Å². The lowest BCUT2D eigenvalue weighted by molar-refractivity contribution is 0.298. The van der Waals surface area contributed by atoms with Crippen LogP contribution < -0.4 is 10.6 Å². The minimum absolute atomic E-state index is 0.593. The highest BCUT2D eigenvalue weighted by molar-refractivity contribution is 5.80. The molecule has 1 aromatic rings. The first-order valence-electron chi connectivity index (χ1n) is 9.75. The molecule has 0 saturated heterocycles. The number of hydrogen-bond acceptors (Lipinski definition) is 2. The maximum atomic E-state index is 4.77. The van der Waals surface area contributed by atoms with Crippen LogP contribution in [0.1, 0.15) is 64.6 Å². The van der Waals surface area contributed by atoms with Crippen LogP contribution in [0.25, 0.3) is 0 Å². The lowest BCUT2D eigenvalue weighted by Gasteiger charge is -2.30. The van der Waals surface area contributed by atoms with E-state index in [4.69, 9.17) is 4.99 Å². The lowest BCUT2D eigenvalue weighted by Crippen LogP contribution is -2.45. The largest absolute Gasteiger partial charge is 0.357 e. The molecule has 0 bridgehead atoms. The van der Waals surface area contributed by atoms with Gasteiger partial charge in [-0.2, -0.15) is 0 Å². The van der Waals surface area contributed by atoms with Gasteiger partial charge in [0, 0.05) is 38.1 Å². The smallest absolute Gasteiger partial charge is 0.191 e. The Bertz CT molecular complexity index is 494. The minimum Gasteiger partial charge on any atom is -0.357 e. The molecule has 1 fully saturated rings. The Labute approximate surface area is 147 Å². The van der Waals surface area contributed by atoms with Crippen LogP contribution in [-0.2, 0) is 6.54 Å². The van der Waals surface area contributed by atoms with Gasteiger partial charge in [-0.25, -0.2) is 4.98 Å². The summed E-state index contributed by atoms with van der Waals surface area (Å²) in [7, 11) is 0. The molecule has 2 unspecified atom stereocenters. The molecular weight excluding hydrogens is 298 g/mol. The molecule has 2 N–H and O–H groups in total. The third-order valence-electron chi connectivity index (χ3n) is 5.05. The lowest BCUT2D eigenvalue weighted by atomic mass is 9.84. The van der Waals surface area contributed by atoms with Gasteiger partial charge in [0.2, 0.25) is 0 Å². The number of imidazole rings is 1. The average Bonchev–Trinajstić information content (AvgIpc) is 3.00. The van der Waals surface area contributed by atoms with Crippen molar-refractivity contribution in [3.05, 3.63) is 18.2 Å². The zero-order valence-electron chi connectivity index (χ0n) is 15.7. The summed E-state index contributed by atoms with van der Waals surface area (Å²) >= 11 is 0. The number of unbranched alkanes of at least 4 members (excludes halogenated alkanes) is 1. The fourth-order valence-corrected chi connectivity index (χ4v) is 3.53. The van der Waals surface area contributed by atoms with Crippen LogP contribution in [0.3, 0.4) is 0 Å². The van der Waals surface area contributed by atoms with Gasteiger partial charge >= 0.3 is 0 Å². The van der Waals surface area contributed by atoms with Crippen molar-refractivity contribution in [1.82, 2.24) is 20.2 Å². The average molecular weight is 334 g/mol. The Hall–Kier alpha value is -1.52. The molecule has 0 aromatic carbocycles. The molecule has 0 radical (unpaired) electrons. The van der Waals surface area contributed by atoms with E-state index in [0.717, 1.165) is 50.2 Å². The van der Waals surface area contributed by atoms with E-state index >= 15 is 0 Å². The van der Waals surface area contributed by atoms with Crippen LogP contribution in [0.4, 0.5) is 0 Å². The van der Waals surface area contributed by atoms with E-state index in [9.17, 15) is 0 Å². The monoisotopic (exact) mass is 333 g/mol. The number of aryl methyl sites for hydroxylation is 2. The van der Waals surface area contributed by atoms with Crippen molar-refractivity contribution < 1.29 is 0 Å². The van der Waals surface area contributed by atoms with Gasteiger partial charge in [0.1, 0.15) is 5.82 Å². The first kappa shape index (κ1) is 18.8. The third kappa shape index (κ3) is 6.17. The van der Waals surface area contributed by atoms with Gasteiger partial charge in [0.05, 0.1) is 0 Å². The fourth-order valence-electron chi connectivity index (χ4n) is 3.53. The second kappa shape index (κ2) is 10.4. The molecule has 1 aromatic heterocycles. The predicted octanol–water partition coefficient (Wildman–Crippen LogP) is 3.50. The van der Waals surface area contributed by atoms with Crippen LogP contribution in [-0.4, -0.2) is 34.6 Å². The summed E-state index contributed by atoms with van der Waals surface area (Å²) in [6, 6.07) is 0.593. The van der Waals surface area contributed by atoms with Gasteiger partial charge in [0.25, 0.3) is 0 Å². The van der Waals surface area contributed by atoms with Crippen molar-refractivity contribution in [2.24, 2.45) is 10.9 Å². The SMILES string of the molecule is CCNC(=NCCCCn1ccnc1C)NC1CCCC(CC)C1. The van der Waals surface area contributed by atoms with Crippen LogP contribution in [0, 0.1) is 12.8 Å². The summed E-state index contributed by atoms with van der Waals surface area (Å²) < 4.78 is 2.21. The second-order valence-electron chi connectivity index (χ2n) is 6.92. The molecule has 5 nitrogen and oxygen atoms in total. The number of hydrogen-bond donors (Lipinski definition) is 2. The molecule has 0 spiro atoms. The third-order valence-corrected chi connectivity index (χ3v) is 5.05. The molecule has 1 saturated carbocycles. The Morgan fingerprint density at radius 3 is 2.92 bits per heavy atom. The maximum Gasteiger partial charge on any atom is 0.191 e. The van der Waals surface area contributed by atoms with Gasteiger partial charge in [-0.15, -0.1) is 0 Å². The summed E-state index contributed by atoms with van der Waals surface area (Å²) in [4.78, 5) is 9.03. The number of rotatable bonds is 8. The van der Waals surface area contributed by atoms with Crippen molar-refractivity contribution in [2.45, 2.75) is 78.3 Å². The quantitative estimate of drug-likeness (QED) is 0.435. The van der Waals surface area contributed by atoms with Gasteiger partial charge in [-0.3, -0.25) is 4.99 Å². The molecule has 0 amide bonds. The van der Waals surface area contributed by atoms with Crippen molar-refractivity contribution in [1.29, 1.82) is 0 Å². The predicted molar refractivity (Wildman–Crippen MR) is 101 cm³/mol. The molecular formula is C19H35N5. The van der Waals surface area contributed by atoms with Crippen LogP contribution in [0.2, 0.25) is 0 Å². The Morgan fingerprint density at radius 1 is 1.33 bits per heavy atom. The Balaban J connectivity index is 1.72. The number of aromatic nitrogens is 2. The van der Waals surface area contributed by atoms with Crippen molar-refractivity contribution in [3.8, 4) is 0 Å². The first-order chi connectivity index (χ1) is 11.7. The summed E-state index contributed by atoms with van der Waals surface area (Å²) in [5, 5.41) is 7.06. The highest BCUT2D eigenvalue weighted by Gasteiger charge is 2.21. The van der Waals surface area contributed by atoms with E-state index in [1.54, 1.807) is 0 Å². The van der Waals surface area contributed by atoms with Gasteiger partial charge < -0.3 is 15.2 Å². The molecule has 1 heterocycles. The summed E-state index contributed by atoms with van der Waals surface area (Å²) in [6.45, 7) is 9.34. The van der Waals surface area contributed by atoms with E-state index in [1.165, 1.54) is 32.1 Å². The maximum absolute atomic E-state index is 4.77. The molecule has 1 aliphatic carbocycles. The van der Waals surface area contributed by atoms with Crippen molar-refractivity contribution in [3.63, 3.8) is 0 Å².